The average molecular weight is 311 g/mol. The van der Waals surface area contributed by atoms with Gasteiger partial charge in [-0.3, -0.25) is 0 Å². The van der Waals surface area contributed by atoms with Crippen molar-refractivity contribution >= 4 is 33.1 Å². The fraction of sp³-hybridized carbons (Fsp3) is 0.308. The first-order chi connectivity index (χ1) is 8.16. The number of hydrogen-bond acceptors (Lipinski definition) is 3. The molecule has 0 radical (unpaired) electrons. The van der Waals surface area contributed by atoms with Crippen LogP contribution in [0.5, 0.6) is 0 Å². The van der Waals surface area contributed by atoms with Crippen LogP contribution >= 0.6 is 27.3 Å². The molecule has 0 N–H and O–H groups in total. The molecule has 1 atom stereocenters. The second-order valence-corrected chi connectivity index (χ2v) is 6.03. The summed E-state index contributed by atoms with van der Waals surface area (Å²) in [6.07, 6.45) is 2.90. The highest BCUT2D eigenvalue weighted by atomic mass is 79.9. The van der Waals surface area contributed by atoms with E-state index in [1.807, 2.05) is 29.7 Å². The van der Waals surface area contributed by atoms with Crippen molar-refractivity contribution < 1.29 is 0 Å². The van der Waals surface area contributed by atoms with Crippen LogP contribution < -0.4 is 4.90 Å². The van der Waals surface area contributed by atoms with Crippen molar-refractivity contribution in [2.24, 2.45) is 0 Å². The highest BCUT2D eigenvalue weighted by Gasteiger charge is 2.12. The standard InChI is InChI=1S/C13H15BrN2S/c1-10(8-12-4-3-7-17-12)16(2)13-6-5-11(14)9-15-13/h3-7,9-10H,8H2,1-2H3. The van der Waals surface area contributed by atoms with Gasteiger partial charge in [0.05, 0.1) is 0 Å². The van der Waals surface area contributed by atoms with Crippen LogP contribution in [0.15, 0.2) is 40.3 Å². The van der Waals surface area contributed by atoms with Crippen molar-refractivity contribution in [3.8, 4) is 0 Å². The van der Waals surface area contributed by atoms with Gasteiger partial charge < -0.3 is 4.90 Å². The van der Waals surface area contributed by atoms with Gasteiger partial charge in [-0.25, -0.2) is 4.98 Å². The number of likely N-dealkylation sites (N-methyl/N-ethyl adjacent to an activating group) is 1. The molecule has 2 heterocycles. The molecule has 2 aromatic rings. The van der Waals surface area contributed by atoms with Crippen LogP contribution in [0.25, 0.3) is 0 Å². The number of nitrogens with zero attached hydrogens (tertiary/aromatic N) is 2. The lowest BCUT2D eigenvalue weighted by Gasteiger charge is -2.25. The number of anilines is 1. The fourth-order valence-corrected chi connectivity index (χ4v) is 2.72. The van der Waals surface area contributed by atoms with E-state index in [-0.39, 0.29) is 0 Å². The molecule has 0 saturated carbocycles. The Kier molecular flexibility index (Phi) is 4.18. The van der Waals surface area contributed by atoms with E-state index in [2.05, 4.69) is 57.3 Å². The lowest BCUT2D eigenvalue weighted by Crippen LogP contribution is -2.31. The number of rotatable bonds is 4. The molecule has 0 spiro atoms. The molecule has 1 unspecified atom stereocenters. The third-order valence-electron chi connectivity index (χ3n) is 2.81. The number of thiophene rings is 1. The molecule has 2 nitrogen and oxygen atoms in total. The summed E-state index contributed by atoms with van der Waals surface area (Å²) in [4.78, 5) is 8.04. The van der Waals surface area contributed by atoms with Crippen LogP contribution in [-0.2, 0) is 6.42 Å². The fourth-order valence-electron chi connectivity index (χ4n) is 1.66. The molecule has 17 heavy (non-hydrogen) atoms. The van der Waals surface area contributed by atoms with E-state index in [4.69, 9.17) is 0 Å². The Morgan fingerprint density at radius 2 is 2.24 bits per heavy atom. The van der Waals surface area contributed by atoms with Gasteiger partial charge in [0.25, 0.3) is 0 Å². The average Bonchev–Trinajstić information content (AvgIpc) is 2.82. The van der Waals surface area contributed by atoms with Crippen LogP contribution in [0.4, 0.5) is 5.82 Å². The number of pyridine rings is 1. The normalized spacial score (nSPS) is 12.4. The Labute approximate surface area is 114 Å². The Morgan fingerprint density at radius 3 is 2.82 bits per heavy atom. The Morgan fingerprint density at radius 1 is 1.41 bits per heavy atom. The lowest BCUT2D eigenvalue weighted by atomic mass is 10.2. The van der Waals surface area contributed by atoms with Crippen molar-refractivity contribution in [3.63, 3.8) is 0 Å². The van der Waals surface area contributed by atoms with Gasteiger partial charge in [0.2, 0.25) is 0 Å². The van der Waals surface area contributed by atoms with Gasteiger partial charge in [-0.05, 0) is 46.4 Å². The summed E-state index contributed by atoms with van der Waals surface area (Å²) in [5, 5.41) is 2.12. The summed E-state index contributed by atoms with van der Waals surface area (Å²) < 4.78 is 1.01. The molecule has 4 heteroatoms. The Hall–Kier alpha value is -0.870. The van der Waals surface area contributed by atoms with Gasteiger partial charge in [0.15, 0.2) is 0 Å². The molecule has 2 rings (SSSR count). The van der Waals surface area contributed by atoms with Crippen molar-refractivity contribution in [1.29, 1.82) is 0 Å². The van der Waals surface area contributed by atoms with Gasteiger partial charge in [-0.1, -0.05) is 6.07 Å². The third kappa shape index (κ3) is 3.30. The first-order valence-corrected chi connectivity index (χ1v) is 7.21. The van der Waals surface area contributed by atoms with E-state index in [1.165, 1.54) is 4.88 Å². The second kappa shape index (κ2) is 5.65. The quantitative estimate of drug-likeness (QED) is 0.849. The maximum Gasteiger partial charge on any atom is 0.128 e. The molecule has 0 aromatic carbocycles. The zero-order valence-corrected chi connectivity index (χ0v) is 12.3. The van der Waals surface area contributed by atoms with Crippen molar-refractivity contribution in [3.05, 3.63) is 45.2 Å². The summed E-state index contributed by atoms with van der Waals surface area (Å²) >= 11 is 5.21. The zero-order chi connectivity index (χ0) is 12.3. The molecule has 0 aliphatic heterocycles. The summed E-state index contributed by atoms with van der Waals surface area (Å²) in [6, 6.07) is 8.79. The largest absolute Gasteiger partial charge is 0.357 e. The summed E-state index contributed by atoms with van der Waals surface area (Å²) in [7, 11) is 2.09. The molecule has 0 aliphatic rings. The van der Waals surface area contributed by atoms with E-state index in [0.29, 0.717) is 6.04 Å². The third-order valence-corrected chi connectivity index (χ3v) is 4.18. The van der Waals surface area contributed by atoms with Crippen LogP contribution in [0.2, 0.25) is 0 Å². The minimum absolute atomic E-state index is 0.447. The number of hydrogen-bond donors (Lipinski definition) is 0. The molecule has 0 saturated heterocycles. The van der Waals surface area contributed by atoms with E-state index in [9.17, 15) is 0 Å². The first-order valence-electron chi connectivity index (χ1n) is 5.53. The minimum Gasteiger partial charge on any atom is -0.357 e. The van der Waals surface area contributed by atoms with E-state index in [0.717, 1.165) is 16.7 Å². The molecular weight excluding hydrogens is 296 g/mol. The topological polar surface area (TPSA) is 16.1 Å². The SMILES string of the molecule is CC(Cc1cccs1)N(C)c1ccc(Br)cn1. The maximum absolute atomic E-state index is 4.41. The van der Waals surface area contributed by atoms with Gasteiger partial charge >= 0.3 is 0 Å². The maximum atomic E-state index is 4.41. The number of halogens is 1. The van der Waals surface area contributed by atoms with Gasteiger partial charge in [0.1, 0.15) is 5.82 Å². The van der Waals surface area contributed by atoms with Crippen LogP contribution in [-0.4, -0.2) is 18.1 Å². The van der Waals surface area contributed by atoms with E-state index >= 15 is 0 Å². The van der Waals surface area contributed by atoms with Crippen LogP contribution in [0, 0.1) is 0 Å². The predicted molar refractivity (Wildman–Crippen MR) is 77.8 cm³/mol. The molecular formula is C13H15BrN2S. The van der Waals surface area contributed by atoms with Crippen molar-refractivity contribution in [2.75, 3.05) is 11.9 Å². The smallest absolute Gasteiger partial charge is 0.128 e. The molecule has 0 aliphatic carbocycles. The molecule has 0 bridgehead atoms. The second-order valence-electron chi connectivity index (χ2n) is 4.08. The number of aromatic nitrogens is 1. The van der Waals surface area contributed by atoms with Gasteiger partial charge in [0, 0.05) is 35.1 Å². The summed E-state index contributed by atoms with van der Waals surface area (Å²) in [5.41, 5.74) is 0. The first kappa shape index (κ1) is 12.6. The monoisotopic (exact) mass is 310 g/mol. The predicted octanol–water partition coefficient (Wildman–Crippen LogP) is 3.97. The molecule has 0 fully saturated rings. The molecule has 0 amide bonds. The van der Waals surface area contributed by atoms with Crippen molar-refractivity contribution in [1.82, 2.24) is 4.98 Å². The Bertz CT molecular complexity index is 453. The lowest BCUT2D eigenvalue weighted by molar-refractivity contribution is 0.680. The van der Waals surface area contributed by atoms with Crippen LogP contribution in [0.3, 0.4) is 0 Å². The van der Waals surface area contributed by atoms with E-state index < -0.39 is 0 Å². The summed E-state index contributed by atoms with van der Waals surface area (Å²) in [5.74, 6) is 1.01. The highest BCUT2D eigenvalue weighted by Crippen LogP contribution is 2.19. The molecule has 2 aromatic heterocycles. The van der Waals surface area contributed by atoms with E-state index in [1.54, 1.807) is 0 Å². The van der Waals surface area contributed by atoms with Gasteiger partial charge in [-0.2, -0.15) is 0 Å². The zero-order valence-electron chi connectivity index (χ0n) is 9.93. The summed E-state index contributed by atoms with van der Waals surface area (Å²) in [6.45, 7) is 2.23. The van der Waals surface area contributed by atoms with Crippen molar-refractivity contribution in [2.45, 2.75) is 19.4 Å². The highest BCUT2D eigenvalue weighted by molar-refractivity contribution is 9.10. The molecule has 90 valence electrons. The van der Waals surface area contributed by atoms with Gasteiger partial charge in [-0.15, -0.1) is 11.3 Å². The minimum atomic E-state index is 0.447. The Balaban J connectivity index is 2.04. The van der Waals surface area contributed by atoms with Crippen LogP contribution in [0.1, 0.15) is 11.8 Å².